The first kappa shape index (κ1) is 9.94. The minimum absolute atomic E-state index is 0.00346. The zero-order valence-corrected chi connectivity index (χ0v) is 9.13. The van der Waals surface area contributed by atoms with E-state index in [1.807, 2.05) is 11.4 Å². The predicted molar refractivity (Wildman–Crippen MR) is 56.2 cm³/mol. The Kier molecular flexibility index (Phi) is 3.48. The molecule has 3 nitrogen and oxygen atoms in total. The molecule has 12 heavy (non-hydrogen) atoms. The third-order valence-corrected chi connectivity index (χ3v) is 3.73. The summed E-state index contributed by atoms with van der Waals surface area (Å²) in [5.41, 5.74) is 5.67. The summed E-state index contributed by atoms with van der Waals surface area (Å²) in [5, 5.41) is 10.4. The molecule has 66 valence electrons. The van der Waals surface area contributed by atoms with Gasteiger partial charge in [0.15, 0.2) is 0 Å². The van der Waals surface area contributed by atoms with Gasteiger partial charge in [-0.25, -0.2) is 0 Å². The van der Waals surface area contributed by atoms with Crippen LogP contribution in [0.2, 0.25) is 0 Å². The number of carboxylic acid groups (broad SMARTS) is 1. The highest BCUT2D eigenvalue weighted by Crippen LogP contribution is 2.26. The fourth-order valence-electron chi connectivity index (χ4n) is 0.851. The molecule has 1 aromatic rings. The minimum atomic E-state index is -0.855. The van der Waals surface area contributed by atoms with Crippen molar-refractivity contribution in [3.8, 4) is 0 Å². The van der Waals surface area contributed by atoms with Gasteiger partial charge in [0.1, 0.15) is 0 Å². The number of hydrogen-bond donors (Lipinski definition) is 2. The molecule has 5 heteroatoms. The second kappa shape index (κ2) is 4.20. The van der Waals surface area contributed by atoms with Crippen LogP contribution in [0.4, 0.5) is 0 Å². The Morgan fingerprint density at radius 1 is 1.83 bits per heavy atom. The van der Waals surface area contributed by atoms with Gasteiger partial charge in [-0.2, -0.15) is 0 Å². The Balaban J connectivity index is 2.71. The first-order valence-electron chi connectivity index (χ1n) is 3.31. The van der Waals surface area contributed by atoms with Crippen molar-refractivity contribution in [2.24, 2.45) is 5.73 Å². The van der Waals surface area contributed by atoms with E-state index in [1.54, 1.807) is 0 Å². The molecule has 0 aliphatic heterocycles. The van der Waals surface area contributed by atoms with Gasteiger partial charge >= 0.3 is 5.97 Å². The molecule has 0 spiro atoms. The lowest BCUT2D eigenvalue weighted by Gasteiger charge is -2.06. The Bertz CT molecular complexity index is 287. The van der Waals surface area contributed by atoms with Crippen molar-refractivity contribution in [1.29, 1.82) is 0 Å². The van der Waals surface area contributed by atoms with Crippen molar-refractivity contribution in [2.75, 3.05) is 0 Å². The number of nitrogens with two attached hydrogens (primary N) is 1. The molecule has 1 rings (SSSR count). The van der Waals surface area contributed by atoms with Crippen LogP contribution in [-0.2, 0) is 4.79 Å². The maximum absolute atomic E-state index is 10.3. The van der Waals surface area contributed by atoms with Gasteiger partial charge in [-0.05, 0) is 34.0 Å². The molecule has 0 saturated heterocycles. The Morgan fingerprint density at radius 2 is 2.50 bits per heavy atom. The molecule has 0 amide bonds. The molecule has 0 unspecified atom stereocenters. The van der Waals surface area contributed by atoms with Gasteiger partial charge in [0.25, 0.3) is 0 Å². The standard InChI is InChI=1S/C7H8INO2S/c8-4-1-2-12-7(4)5(9)3-6(10)11/h1-2,5H,3,9H2,(H,10,11)/t5-/m0/s1. The topological polar surface area (TPSA) is 63.3 Å². The van der Waals surface area contributed by atoms with Gasteiger partial charge in [0.05, 0.1) is 12.5 Å². The van der Waals surface area contributed by atoms with E-state index < -0.39 is 5.97 Å². The monoisotopic (exact) mass is 297 g/mol. The number of carbonyl (C=O) groups is 1. The average Bonchev–Trinajstić information content (AvgIpc) is 2.33. The van der Waals surface area contributed by atoms with Gasteiger partial charge in [0.2, 0.25) is 0 Å². The summed E-state index contributed by atoms with van der Waals surface area (Å²) in [6.45, 7) is 0. The number of rotatable bonds is 3. The molecule has 0 aliphatic rings. The van der Waals surface area contributed by atoms with Gasteiger partial charge in [-0.3, -0.25) is 4.79 Å². The van der Waals surface area contributed by atoms with Gasteiger partial charge < -0.3 is 10.8 Å². The van der Waals surface area contributed by atoms with E-state index in [-0.39, 0.29) is 12.5 Å². The van der Waals surface area contributed by atoms with Crippen LogP contribution in [-0.4, -0.2) is 11.1 Å². The van der Waals surface area contributed by atoms with Crippen LogP contribution < -0.4 is 5.73 Å². The highest BCUT2D eigenvalue weighted by molar-refractivity contribution is 14.1. The molecule has 1 heterocycles. The third-order valence-electron chi connectivity index (χ3n) is 1.38. The van der Waals surface area contributed by atoms with Crippen LogP contribution in [0.25, 0.3) is 0 Å². The maximum Gasteiger partial charge on any atom is 0.305 e. The van der Waals surface area contributed by atoms with E-state index in [0.717, 1.165) is 8.45 Å². The zero-order chi connectivity index (χ0) is 9.14. The Hall–Kier alpha value is -0.140. The lowest BCUT2D eigenvalue weighted by molar-refractivity contribution is -0.137. The lowest BCUT2D eigenvalue weighted by atomic mass is 10.2. The molecular weight excluding hydrogens is 289 g/mol. The molecule has 0 bridgehead atoms. The van der Waals surface area contributed by atoms with Crippen LogP contribution in [0, 0.1) is 3.57 Å². The van der Waals surface area contributed by atoms with Crippen molar-refractivity contribution in [3.63, 3.8) is 0 Å². The summed E-state index contributed by atoms with van der Waals surface area (Å²) < 4.78 is 1.05. The Morgan fingerprint density at radius 3 is 2.92 bits per heavy atom. The van der Waals surface area contributed by atoms with Gasteiger partial charge in [-0.1, -0.05) is 0 Å². The molecule has 1 aromatic heterocycles. The van der Waals surface area contributed by atoms with Crippen molar-refractivity contribution in [1.82, 2.24) is 0 Å². The van der Waals surface area contributed by atoms with Crippen molar-refractivity contribution < 1.29 is 9.90 Å². The van der Waals surface area contributed by atoms with E-state index in [2.05, 4.69) is 22.6 Å². The molecular formula is C7H8INO2S. The summed E-state index contributed by atoms with van der Waals surface area (Å²) in [7, 11) is 0. The quantitative estimate of drug-likeness (QED) is 0.837. The first-order valence-corrected chi connectivity index (χ1v) is 5.27. The summed E-state index contributed by atoms with van der Waals surface area (Å²) in [6, 6.07) is 1.57. The van der Waals surface area contributed by atoms with Crippen LogP contribution in [0.3, 0.4) is 0 Å². The molecule has 0 aromatic carbocycles. The first-order chi connectivity index (χ1) is 5.61. The van der Waals surface area contributed by atoms with E-state index in [4.69, 9.17) is 10.8 Å². The smallest absolute Gasteiger partial charge is 0.305 e. The SMILES string of the molecule is N[C@@H](CC(=O)O)c1sccc1I. The number of aliphatic carboxylic acids is 1. The summed E-state index contributed by atoms with van der Waals surface area (Å²) in [5.74, 6) is -0.855. The fraction of sp³-hybridized carbons (Fsp3) is 0.286. The van der Waals surface area contributed by atoms with E-state index in [9.17, 15) is 4.79 Å². The number of carboxylic acids is 1. The zero-order valence-electron chi connectivity index (χ0n) is 6.16. The van der Waals surface area contributed by atoms with E-state index >= 15 is 0 Å². The number of hydrogen-bond acceptors (Lipinski definition) is 3. The van der Waals surface area contributed by atoms with Crippen LogP contribution in [0.15, 0.2) is 11.4 Å². The molecule has 0 saturated carbocycles. The van der Waals surface area contributed by atoms with Crippen molar-refractivity contribution >= 4 is 39.9 Å². The van der Waals surface area contributed by atoms with E-state index in [1.165, 1.54) is 11.3 Å². The fourth-order valence-corrected chi connectivity index (χ4v) is 2.85. The van der Waals surface area contributed by atoms with Crippen LogP contribution >= 0.6 is 33.9 Å². The lowest BCUT2D eigenvalue weighted by Crippen LogP contribution is -2.14. The average molecular weight is 297 g/mol. The summed E-state index contributed by atoms with van der Waals surface area (Å²) in [4.78, 5) is 11.3. The summed E-state index contributed by atoms with van der Waals surface area (Å²) in [6.07, 6.45) is -0.00346. The Labute approximate surface area is 87.7 Å². The molecule has 3 N–H and O–H groups in total. The minimum Gasteiger partial charge on any atom is -0.481 e. The highest BCUT2D eigenvalue weighted by atomic mass is 127. The normalized spacial score (nSPS) is 12.8. The van der Waals surface area contributed by atoms with Crippen LogP contribution in [0.5, 0.6) is 0 Å². The highest BCUT2D eigenvalue weighted by Gasteiger charge is 2.14. The maximum atomic E-state index is 10.3. The molecule has 0 aliphatic carbocycles. The van der Waals surface area contributed by atoms with Crippen LogP contribution in [0.1, 0.15) is 17.3 Å². The molecule has 1 atom stereocenters. The second-order valence-corrected chi connectivity index (χ2v) is 4.45. The van der Waals surface area contributed by atoms with Crippen molar-refractivity contribution in [2.45, 2.75) is 12.5 Å². The molecule has 0 fully saturated rings. The predicted octanol–water partition coefficient (Wildman–Crippen LogP) is 1.83. The van der Waals surface area contributed by atoms with Crippen molar-refractivity contribution in [3.05, 3.63) is 19.9 Å². The van der Waals surface area contributed by atoms with Gasteiger partial charge in [-0.15, -0.1) is 11.3 Å². The van der Waals surface area contributed by atoms with Gasteiger partial charge in [0, 0.05) is 8.45 Å². The summed E-state index contributed by atoms with van der Waals surface area (Å²) >= 11 is 3.66. The second-order valence-electron chi connectivity index (χ2n) is 2.34. The number of thiophene rings is 1. The molecule has 0 radical (unpaired) electrons. The number of halogens is 1. The van der Waals surface area contributed by atoms with E-state index in [0.29, 0.717) is 0 Å². The largest absolute Gasteiger partial charge is 0.481 e. The third kappa shape index (κ3) is 2.43.